The van der Waals surface area contributed by atoms with E-state index in [1.165, 1.54) is 15.6 Å². The van der Waals surface area contributed by atoms with Crippen molar-refractivity contribution in [3.8, 4) is 5.75 Å². The summed E-state index contributed by atoms with van der Waals surface area (Å²) >= 11 is 7.89. The molecular formula is C16H14ClNOS. The van der Waals surface area contributed by atoms with Gasteiger partial charge in [0.05, 0.1) is 12.1 Å². The van der Waals surface area contributed by atoms with Crippen LogP contribution in [-0.2, 0) is 6.54 Å². The summed E-state index contributed by atoms with van der Waals surface area (Å²) in [6.45, 7) is 0.784. The Morgan fingerprint density at radius 1 is 1.20 bits per heavy atom. The highest BCUT2D eigenvalue weighted by molar-refractivity contribution is 7.17. The normalized spacial score (nSPS) is 10.7. The van der Waals surface area contributed by atoms with Crippen LogP contribution < -0.4 is 10.1 Å². The first-order valence-electron chi connectivity index (χ1n) is 6.30. The van der Waals surface area contributed by atoms with E-state index in [1.807, 2.05) is 18.2 Å². The first-order valence-corrected chi connectivity index (χ1v) is 7.56. The smallest absolute Gasteiger partial charge is 0.137 e. The van der Waals surface area contributed by atoms with Crippen LogP contribution in [-0.4, -0.2) is 7.11 Å². The Bertz CT molecular complexity index is 738. The van der Waals surface area contributed by atoms with Crippen molar-refractivity contribution in [1.29, 1.82) is 0 Å². The van der Waals surface area contributed by atoms with Crippen LogP contribution in [0.4, 0.5) is 5.69 Å². The molecule has 0 fully saturated rings. The van der Waals surface area contributed by atoms with Gasteiger partial charge in [0.15, 0.2) is 0 Å². The lowest BCUT2D eigenvalue weighted by Gasteiger charge is -2.08. The topological polar surface area (TPSA) is 21.3 Å². The van der Waals surface area contributed by atoms with Gasteiger partial charge in [-0.1, -0.05) is 29.8 Å². The number of fused-ring (bicyclic) bond motifs is 1. The summed E-state index contributed by atoms with van der Waals surface area (Å²) in [5.74, 6) is 0.693. The molecule has 1 heterocycles. The number of anilines is 1. The van der Waals surface area contributed by atoms with Crippen LogP contribution in [0.5, 0.6) is 5.75 Å². The molecule has 4 heteroatoms. The molecule has 0 radical (unpaired) electrons. The number of halogens is 1. The summed E-state index contributed by atoms with van der Waals surface area (Å²) < 4.78 is 6.47. The maximum Gasteiger partial charge on any atom is 0.137 e. The van der Waals surface area contributed by atoms with Crippen molar-refractivity contribution in [3.05, 3.63) is 58.4 Å². The van der Waals surface area contributed by atoms with Crippen LogP contribution in [0.2, 0.25) is 5.02 Å². The molecule has 0 atom stereocenters. The van der Waals surface area contributed by atoms with Crippen molar-refractivity contribution < 1.29 is 4.74 Å². The minimum Gasteiger partial charge on any atom is -0.495 e. The Morgan fingerprint density at radius 2 is 2.05 bits per heavy atom. The second kappa shape index (κ2) is 5.73. The van der Waals surface area contributed by atoms with Crippen LogP contribution in [0.3, 0.4) is 0 Å². The Hall–Kier alpha value is -1.71. The average Bonchev–Trinajstić information content (AvgIpc) is 2.88. The van der Waals surface area contributed by atoms with E-state index in [0.29, 0.717) is 10.8 Å². The number of thiophene rings is 1. The van der Waals surface area contributed by atoms with Gasteiger partial charge in [-0.15, -0.1) is 11.3 Å². The number of hydrogen-bond donors (Lipinski definition) is 1. The highest BCUT2D eigenvalue weighted by Gasteiger charge is 2.05. The third-order valence-electron chi connectivity index (χ3n) is 3.20. The quantitative estimate of drug-likeness (QED) is 0.717. The lowest BCUT2D eigenvalue weighted by Crippen LogP contribution is -1.98. The second-order valence-corrected chi connectivity index (χ2v) is 5.78. The Morgan fingerprint density at radius 3 is 2.85 bits per heavy atom. The fraction of sp³-hybridized carbons (Fsp3) is 0.125. The van der Waals surface area contributed by atoms with Gasteiger partial charge in [-0.05, 0) is 40.6 Å². The van der Waals surface area contributed by atoms with Gasteiger partial charge in [-0.25, -0.2) is 0 Å². The van der Waals surface area contributed by atoms with E-state index in [4.69, 9.17) is 16.3 Å². The second-order valence-electron chi connectivity index (χ2n) is 4.46. The van der Waals surface area contributed by atoms with Crippen LogP contribution in [0.15, 0.2) is 47.8 Å². The number of methoxy groups -OCH3 is 1. The molecule has 0 spiro atoms. The van der Waals surface area contributed by atoms with Gasteiger partial charge >= 0.3 is 0 Å². The van der Waals surface area contributed by atoms with Crippen molar-refractivity contribution in [2.45, 2.75) is 6.54 Å². The van der Waals surface area contributed by atoms with Gasteiger partial charge in [0, 0.05) is 16.9 Å². The van der Waals surface area contributed by atoms with Gasteiger partial charge in [0.1, 0.15) is 5.75 Å². The molecule has 0 amide bonds. The Labute approximate surface area is 127 Å². The third-order valence-corrected chi connectivity index (χ3v) is 4.50. The van der Waals surface area contributed by atoms with Crippen molar-refractivity contribution in [2.75, 3.05) is 12.4 Å². The summed E-state index contributed by atoms with van der Waals surface area (Å²) in [6.07, 6.45) is 0. The molecule has 0 saturated heterocycles. The largest absolute Gasteiger partial charge is 0.495 e. The number of hydrogen-bond acceptors (Lipinski definition) is 3. The zero-order valence-electron chi connectivity index (χ0n) is 11.0. The van der Waals surface area contributed by atoms with Crippen molar-refractivity contribution in [1.82, 2.24) is 0 Å². The zero-order valence-corrected chi connectivity index (χ0v) is 12.6. The van der Waals surface area contributed by atoms with Crippen molar-refractivity contribution >= 4 is 38.7 Å². The maximum absolute atomic E-state index is 6.12. The van der Waals surface area contributed by atoms with Crippen LogP contribution in [0.1, 0.15) is 5.56 Å². The summed E-state index contributed by atoms with van der Waals surface area (Å²) in [5.41, 5.74) is 2.30. The average molecular weight is 304 g/mol. The summed E-state index contributed by atoms with van der Waals surface area (Å²) in [6, 6.07) is 14.2. The molecule has 1 N–H and O–H groups in total. The van der Waals surface area contributed by atoms with E-state index < -0.39 is 0 Å². The lowest BCUT2D eigenvalue weighted by molar-refractivity contribution is 0.415. The monoisotopic (exact) mass is 303 g/mol. The fourth-order valence-corrected chi connectivity index (χ4v) is 3.36. The molecule has 102 valence electrons. The number of benzene rings is 2. The Kier molecular flexibility index (Phi) is 3.81. The molecule has 1 aromatic heterocycles. The van der Waals surface area contributed by atoms with Crippen LogP contribution in [0.25, 0.3) is 10.1 Å². The van der Waals surface area contributed by atoms with Gasteiger partial charge in [-0.2, -0.15) is 0 Å². The zero-order chi connectivity index (χ0) is 13.9. The molecule has 2 nitrogen and oxygen atoms in total. The van der Waals surface area contributed by atoms with Gasteiger partial charge in [0.2, 0.25) is 0 Å². The predicted molar refractivity (Wildman–Crippen MR) is 87.2 cm³/mol. The van der Waals surface area contributed by atoms with Crippen LogP contribution >= 0.6 is 22.9 Å². The standard InChI is InChI=1S/C16H14ClNOS/c1-19-15-7-6-12(8-14(15)17)18-9-11-10-20-16-5-3-2-4-13(11)16/h2-8,10,18H,9H2,1H3. The molecule has 2 aromatic carbocycles. The van der Waals surface area contributed by atoms with E-state index in [0.717, 1.165) is 12.2 Å². The molecule has 3 rings (SSSR count). The number of nitrogens with one attached hydrogen (secondary N) is 1. The van der Waals surface area contributed by atoms with Gasteiger partial charge in [-0.3, -0.25) is 0 Å². The lowest BCUT2D eigenvalue weighted by atomic mass is 10.2. The van der Waals surface area contributed by atoms with Crippen molar-refractivity contribution in [2.24, 2.45) is 0 Å². The van der Waals surface area contributed by atoms with E-state index in [2.05, 4.69) is 35.0 Å². The molecule has 3 aromatic rings. The molecule has 0 unspecified atom stereocenters. The van der Waals surface area contributed by atoms with E-state index in [-0.39, 0.29) is 0 Å². The number of rotatable bonds is 4. The highest BCUT2D eigenvalue weighted by atomic mass is 35.5. The number of ether oxygens (including phenoxy) is 1. The molecule has 0 bridgehead atoms. The first kappa shape index (κ1) is 13.3. The van der Waals surface area contributed by atoms with Gasteiger partial charge < -0.3 is 10.1 Å². The summed E-state index contributed by atoms with van der Waals surface area (Å²) in [4.78, 5) is 0. The minimum absolute atomic E-state index is 0.618. The molecule has 0 aliphatic rings. The highest BCUT2D eigenvalue weighted by Crippen LogP contribution is 2.29. The van der Waals surface area contributed by atoms with Gasteiger partial charge in [0.25, 0.3) is 0 Å². The summed E-state index contributed by atoms with van der Waals surface area (Å²) in [5, 5.41) is 7.52. The Balaban J connectivity index is 1.78. The predicted octanol–water partition coefficient (Wildman–Crippen LogP) is 5.18. The van der Waals surface area contributed by atoms with E-state index in [9.17, 15) is 0 Å². The SMILES string of the molecule is COc1ccc(NCc2csc3ccccc23)cc1Cl. The maximum atomic E-state index is 6.12. The fourth-order valence-electron chi connectivity index (χ4n) is 2.14. The molecule has 0 aliphatic carbocycles. The molecule has 0 aliphatic heterocycles. The summed E-state index contributed by atoms with van der Waals surface area (Å²) in [7, 11) is 1.62. The van der Waals surface area contributed by atoms with E-state index in [1.54, 1.807) is 18.4 Å². The van der Waals surface area contributed by atoms with Crippen molar-refractivity contribution in [3.63, 3.8) is 0 Å². The third kappa shape index (κ3) is 2.60. The van der Waals surface area contributed by atoms with Crippen LogP contribution in [0, 0.1) is 0 Å². The first-order chi connectivity index (χ1) is 9.78. The minimum atomic E-state index is 0.618. The molecule has 20 heavy (non-hydrogen) atoms. The molecule has 0 saturated carbocycles. The molecular weight excluding hydrogens is 290 g/mol. The van der Waals surface area contributed by atoms with E-state index >= 15 is 0 Å².